The fourth-order valence-electron chi connectivity index (χ4n) is 0.480. The van der Waals surface area contributed by atoms with Crippen molar-refractivity contribution in [2.24, 2.45) is 5.73 Å². The summed E-state index contributed by atoms with van der Waals surface area (Å²) >= 11 is 0. The minimum atomic E-state index is -0.231. The molecule has 0 saturated carbocycles. The first kappa shape index (κ1) is 4.96. The van der Waals surface area contributed by atoms with Gasteiger partial charge in [-0.15, -0.1) is 0 Å². The number of carbonyl (C=O) groups excluding carboxylic acids is 1. The van der Waals surface area contributed by atoms with Crippen LogP contribution in [0.25, 0.3) is 0 Å². The lowest BCUT2D eigenvalue weighted by molar-refractivity contribution is 0.243. The van der Waals surface area contributed by atoms with E-state index in [2.05, 4.69) is 10.6 Å². The second kappa shape index (κ2) is 1.73. The first-order valence-electron chi connectivity index (χ1n) is 2.29. The lowest BCUT2D eigenvalue weighted by atomic mass is 10.5. The van der Waals surface area contributed by atoms with E-state index >= 15 is 0 Å². The predicted molar refractivity (Wildman–Crippen MR) is 28.8 cm³/mol. The second-order valence-electron chi connectivity index (χ2n) is 1.49. The van der Waals surface area contributed by atoms with Crippen LogP contribution in [0, 0.1) is 0 Å². The van der Waals surface area contributed by atoms with Gasteiger partial charge in [0.1, 0.15) is 5.82 Å². The lowest BCUT2D eigenvalue weighted by Crippen LogP contribution is -2.41. The molecule has 0 spiro atoms. The summed E-state index contributed by atoms with van der Waals surface area (Å²) in [5.41, 5.74) is 5.21. The molecule has 0 radical (unpaired) electrons. The SMILES string of the molecule is NC1=CCNC(=O)N1. The van der Waals surface area contributed by atoms with E-state index in [1.54, 1.807) is 6.08 Å². The van der Waals surface area contributed by atoms with E-state index in [0.29, 0.717) is 12.4 Å². The normalized spacial score (nSPS) is 18.5. The highest BCUT2D eigenvalue weighted by atomic mass is 16.2. The van der Waals surface area contributed by atoms with E-state index in [1.807, 2.05) is 0 Å². The van der Waals surface area contributed by atoms with Crippen molar-refractivity contribution in [2.45, 2.75) is 0 Å². The Morgan fingerprint density at radius 3 is 2.88 bits per heavy atom. The Morgan fingerprint density at radius 2 is 2.50 bits per heavy atom. The van der Waals surface area contributed by atoms with E-state index in [-0.39, 0.29) is 6.03 Å². The molecule has 4 heteroatoms. The van der Waals surface area contributed by atoms with E-state index in [4.69, 9.17) is 5.73 Å². The highest BCUT2D eigenvalue weighted by Crippen LogP contribution is 1.81. The lowest BCUT2D eigenvalue weighted by Gasteiger charge is -2.10. The van der Waals surface area contributed by atoms with Crippen LogP contribution in [0.5, 0.6) is 0 Å². The minimum Gasteiger partial charge on any atom is -0.385 e. The molecule has 2 amide bonds. The standard InChI is InChI=1S/C4H7N3O/c5-3-1-2-6-4(8)7-3/h1H,2,5H2,(H2,6,7,8). The summed E-state index contributed by atoms with van der Waals surface area (Å²) in [6.45, 7) is 0.525. The molecule has 0 aromatic carbocycles. The molecule has 4 N–H and O–H groups in total. The van der Waals surface area contributed by atoms with Crippen molar-refractivity contribution >= 4 is 6.03 Å². The molecule has 8 heavy (non-hydrogen) atoms. The largest absolute Gasteiger partial charge is 0.385 e. The van der Waals surface area contributed by atoms with Gasteiger partial charge in [-0.2, -0.15) is 0 Å². The third-order valence-electron chi connectivity index (χ3n) is 0.842. The number of urea groups is 1. The van der Waals surface area contributed by atoms with Gasteiger partial charge in [-0.1, -0.05) is 0 Å². The van der Waals surface area contributed by atoms with E-state index in [1.165, 1.54) is 0 Å². The van der Waals surface area contributed by atoms with Crippen LogP contribution in [-0.2, 0) is 0 Å². The molecule has 1 aliphatic rings. The number of nitrogens with two attached hydrogens (primary N) is 1. The van der Waals surface area contributed by atoms with Crippen LogP contribution in [0.4, 0.5) is 4.79 Å². The van der Waals surface area contributed by atoms with Crippen molar-refractivity contribution in [3.63, 3.8) is 0 Å². The summed E-state index contributed by atoms with van der Waals surface area (Å²) in [6, 6.07) is -0.231. The first-order chi connectivity index (χ1) is 3.79. The molecule has 0 atom stereocenters. The molecule has 1 aliphatic heterocycles. The van der Waals surface area contributed by atoms with Crippen molar-refractivity contribution in [3.8, 4) is 0 Å². The fourth-order valence-corrected chi connectivity index (χ4v) is 0.480. The van der Waals surface area contributed by atoms with Gasteiger partial charge < -0.3 is 11.1 Å². The molecule has 0 fully saturated rings. The van der Waals surface area contributed by atoms with Gasteiger partial charge >= 0.3 is 6.03 Å². The van der Waals surface area contributed by atoms with Crippen LogP contribution in [0.2, 0.25) is 0 Å². The summed E-state index contributed by atoms with van der Waals surface area (Å²) in [6.07, 6.45) is 1.70. The minimum absolute atomic E-state index is 0.231. The Bertz CT molecular complexity index is 140. The zero-order chi connectivity index (χ0) is 5.98. The topological polar surface area (TPSA) is 67.1 Å². The highest BCUT2D eigenvalue weighted by molar-refractivity contribution is 5.76. The average molecular weight is 113 g/mol. The van der Waals surface area contributed by atoms with Crippen LogP contribution in [0.1, 0.15) is 0 Å². The van der Waals surface area contributed by atoms with Crippen molar-refractivity contribution in [2.75, 3.05) is 6.54 Å². The number of rotatable bonds is 0. The van der Waals surface area contributed by atoms with Crippen molar-refractivity contribution in [1.82, 2.24) is 10.6 Å². The van der Waals surface area contributed by atoms with Gasteiger partial charge in [0.05, 0.1) is 0 Å². The van der Waals surface area contributed by atoms with Gasteiger partial charge in [-0.3, -0.25) is 5.32 Å². The molecular weight excluding hydrogens is 106 g/mol. The van der Waals surface area contributed by atoms with Crippen LogP contribution < -0.4 is 16.4 Å². The zero-order valence-corrected chi connectivity index (χ0v) is 4.27. The monoisotopic (exact) mass is 113 g/mol. The molecule has 0 aromatic heterocycles. The van der Waals surface area contributed by atoms with Gasteiger partial charge in [0.2, 0.25) is 0 Å². The third-order valence-corrected chi connectivity index (χ3v) is 0.842. The summed E-state index contributed by atoms with van der Waals surface area (Å²) in [7, 11) is 0. The number of hydrogen-bond acceptors (Lipinski definition) is 2. The number of hydrogen-bond donors (Lipinski definition) is 3. The van der Waals surface area contributed by atoms with Gasteiger partial charge in [0.25, 0.3) is 0 Å². The molecule has 44 valence electrons. The van der Waals surface area contributed by atoms with E-state index < -0.39 is 0 Å². The molecule has 0 bridgehead atoms. The highest BCUT2D eigenvalue weighted by Gasteiger charge is 2.02. The van der Waals surface area contributed by atoms with Crippen LogP contribution in [-0.4, -0.2) is 12.6 Å². The summed E-state index contributed by atoms with van der Waals surface area (Å²) in [4.78, 5) is 10.3. The van der Waals surface area contributed by atoms with E-state index in [9.17, 15) is 4.79 Å². The Hall–Kier alpha value is -1.19. The summed E-state index contributed by atoms with van der Waals surface area (Å²) in [5.74, 6) is 0.425. The molecule has 0 aromatic rings. The number of carbonyl (C=O) groups is 1. The van der Waals surface area contributed by atoms with Crippen LogP contribution in [0.15, 0.2) is 11.9 Å². The third kappa shape index (κ3) is 0.900. The Labute approximate surface area is 46.7 Å². The molecule has 1 rings (SSSR count). The predicted octanol–water partition coefficient (Wildman–Crippen LogP) is -0.901. The van der Waals surface area contributed by atoms with Crippen LogP contribution in [0.3, 0.4) is 0 Å². The summed E-state index contributed by atoms with van der Waals surface area (Å²) < 4.78 is 0. The van der Waals surface area contributed by atoms with Crippen molar-refractivity contribution in [3.05, 3.63) is 11.9 Å². The molecule has 4 nitrogen and oxygen atoms in total. The van der Waals surface area contributed by atoms with Gasteiger partial charge in [0, 0.05) is 6.54 Å². The smallest absolute Gasteiger partial charge is 0.320 e. The number of nitrogens with one attached hydrogen (secondary N) is 2. The van der Waals surface area contributed by atoms with Crippen molar-refractivity contribution in [1.29, 1.82) is 0 Å². The number of amides is 2. The Morgan fingerprint density at radius 1 is 1.75 bits per heavy atom. The van der Waals surface area contributed by atoms with Crippen molar-refractivity contribution < 1.29 is 4.79 Å². The first-order valence-corrected chi connectivity index (χ1v) is 2.29. The maximum Gasteiger partial charge on any atom is 0.320 e. The molecule has 1 heterocycles. The quantitative estimate of drug-likeness (QED) is 0.381. The van der Waals surface area contributed by atoms with Crippen LogP contribution >= 0.6 is 0 Å². The van der Waals surface area contributed by atoms with E-state index in [0.717, 1.165) is 0 Å². The molecule has 0 saturated heterocycles. The zero-order valence-electron chi connectivity index (χ0n) is 4.27. The summed E-state index contributed by atoms with van der Waals surface area (Å²) in [5, 5.41) is 4.87. The Balaban J connectivity index is 2.57. The fraction of sp³-hybridized carbons (Fsp3) is 0.250. The average Bonchev–Trinajstić information content (AvgIpc) is 1.64. The molecule has 0 unspecified atom stereocenters. The Kier molecular flexibility index (Phi) is 1.07. The molecular formula is C4H7N3O. The second-order valence-corrected chi connectivity index (χ2v) is 1.49. The van der Waals surface area contributed by atoms with Gasteiger partial charge in [0.15, 0.2) is 0 Å². The maximum atomic E-state index is 10.3. The van der Waals surface area contributed by atoms with Gasteiger partial charge in [-0.25, -0.2) is 4.79 Å². The molecule has 0 aliphatic carbocycles. The van der Waals surface area contributed by atoms with Gasteiger partial charge in [-0.05, 0) is 6.08 Å². The maximum absolute atomic E-state index is 10.3.